The van der Waals surface area contributed by atoms with Crippen LogP contribution in [0.5, 0.6) is 0 Å². The summed E-state index contributed by atoms with van der Waals surface area (Å²) in [7, 11) is 0. The summed E-state index contributed by atoms with van der Waals surface area (Å²) in [5.74, 6) is 0.0443. The van der Waals surface area contributed by atoms with E-state index in [0.717, 1.165) is 10.0 Å². The number of amides is 1. The zero-order valence-corrected chi connectivity index (χ0v) is 7.94. The maximum absolute atomic E-state index is 10.8. The molecule has 4 nitrogen and oxygen atoms in total. The molecule has 0 unspecified atom stereocenters. The van der Waals surface area contributed by atoms with Gasteiger partial charge in [-0.25, -0.2) is 0 Å². The highest BCUT2D eigenvalue weighted by molar-refractivity contribution is 7.11. The van der Waals surface area contributed by atoms with Crippen molar-refractivity contribution in [1.29, 1.82) is 0 Å². The first-order chi connectivity index (χ1) is 5.72. The van der Waals surface area contributed by atoms with Gasteiger partial charge in [-0.05, 0) is 6.92 Å². The second-order valence-corrected chi connectivity index (χ2v) is 3.61. The van der Waals surface area contributed by atoms with Gasteiger partial charge in [-0.2, -0.15) is 0 Å². The third-order valence-corrected chi connectivity index (χ3v) is 2.16. The van der Waals surface area contributed by atoms with Crippen LogP contribution >= 0.6 is 11.3 Å². The maximum atomic E-state index is 10.8. The topological polar surface area (TPSA) is 54.9 Å². The second-order valence-electron chi connectivity index (χ2n) is 2.35. The van der Waals surface area contributed by atoms with E-state index < -0.39 is 0 Å². The molecule has 5 heteroatoms. The van der Waals surface area contributed by atoms with E-state index in [1.807, 2.05) is 13.8 Å². The minimum Gasteiger partial charge on any atom is -0.350 e. The Morgan fingerprint density at radius 2 is 2.42 bits per heavy atom. The van der Waals surface area contributed by atoms with Gasteiger partial charge in [-0.15, -0.1) is 10.2 Å². The number of rotatable bonds is 3. The highest BCUT2D eigenvalue weighted by Crippen LogP contribution is 2.06. The Morgan fingerprint density at radius 3 is 2.92 bits per heavy atom. The van der Waals surface area contributed by atoms with Crippen molar-refractivity contribution >= 4 is 17.2 Å². The summed E-state index contributed by atoms with van der Waals surface area (Å²) in [6.07, 6.45) is 0.512. The lowest BCUT2D eigenvalue weighted by molar-refractivity contribution is -0.120. The van der Waals surface area contributed by atoms with Crippen LogP contribution in [0.15, 0.2) is 0 Å². The van der Waals surface area contributed by atoms with Gasteiger partial charge < -0.3 is 5.32 Å². The molecular formula is C7H13N3OS. The Hall–Kier alpha value is -0.970. The summed E-state index contributed by atoms with van der Waals surface area (Å²) in [6, 6.07) is 0. The van der Waals surface area contributed by atoms with E-state index in [9.17, 15) is 4.79 Å². The molecule has 0 saturated heterocycles. The first kappa shape index (κ1) is 9.12. The van der Waals surface area contributed by atoms with Gasteiger partial charge in [0.05, 0.1) is 6.54 Å². The standard InChI is InChI=1S/C7H11N3OS.H2/c1-3-6(11)8-4-7-10-9-5(2)12-7;/h3-4H2,1-2H3,(H,8,11);1H. The van der Waals surface area contributed by atoms with Gasteiger partial charge in [0.15, 0.2) is 0 Å². The molecule has 1 amide bonds. The molecule has 1 aromatic heterocycles. The third-order valence-electron chi connectivity index (χ3n) is 1.33. The van der Waals surface area contributed by atoms with Crippen molar-refractivity contribution in [2.24, 2.45) is 0 Å². The van der Waals surface area contributed by atoms with E-state index in [-0.39, 0.29) is 7.33 Å². The SMILES string of the molecule is CCC(=O)NCc1nnc(C)s1.[HH]. The molecule has 1 aromatic rings. The van der Waals surface area contributed by atoms with E-state index in [1.165, 1.54) is 11.3 Å². The molecule has 0 spiro atoms. The normalized spacial score (nSPS) is 9.83. The Morgan fingerprint density at radius 1 is 1.67 bits per heavy atom. The van der Waals surface area contributed by atoms with Crippen LogP contribution in [0.4, 0.5) is 0 Å². The molecule has 68 valence electrons. The average Bonchev–Trinajstić information content (AvgIpc) is 2.47. The van der Waals surface area contributed by atoms with Crippen LogP contribution in [-0.4, -0.2) is 16.1 Å². The van der Waals surface area contributed by atoms with Crippen LogP contribution in [0.25, 0.3) is 0 Å². The fraction of sp³-hybridized carbons (Fsp3) is 0.571. The minimum absolute atomic E-state index is 0. The smallest absolute Gasteiger partial charge is 0.220 e. The van der Waals surface area contributed by atoms with Gasteiger partial charge >= 0.3 is 0 Å². The number of hydrogen-bond acceptors (Lipinski definition) is 4. The number of carbonyl (C=O) groups excluding carboxylic acids is 1. The molecule has 0 atom stereocenters. The van der Waals surface area contributed by atoms with E-state index in [4.69, 9.17) is 0 Å². The Balaban J connectivity index is 0.00000144. The number of nitrogens with zero attached hydrogens (tertiary/aromatic N) is 2. The number of nitrogens with one attached hydrogen (secondary N) is 1. The second kappa shape index (κ2) is 4.15. The summed E-state index contributed by atoms with van der Waals surface area (Å²) in [5.41, 5.74) is 0. The summed E-state index contributed by atoms with van der Waals surface area (Å²) < 4.78 is 0. The lowest BCUT2D eigenvalue weighted by atomic mass is 10.4. The van der Waals surface area contributed by atoms with Crippen molar-refractivity contribution < 1.29 is 6.22 Å². The Kier molecular flexibility index (Phi) is 3.16. The van der Waals surface area contributed by atoms with E-state index in [2.05, 4.69) is 15.5 Å². The van der Waals surface area contributed by atoms with Crippen molar-refractivity contribution in [3.8, 4) is 0 Å². The van der Waals surface area contributed by atoms with Gasteiger partial charge in [-0.3, -0.25) is 4.79 Å². The van der Waals surface area contributed by atoms with Crippen molar-refractivity contribution in [2.75, 3.05) is 0 Å². The molecule has 0 bridgehead atoms. The van der Waals surface area contributed by atoms with Crippen molar-refractivity contribution in [3.63, 3.8) is 0 Å². The minimum atomic E-state index is 0. The molecule has 0 saturated carbocycles. The first-order valence-electron chi connectivity index (χ1n) is 3.78. The fourth-order valence-corrected chi connectivity index (χ4v) is 1.36. The summed E-state index contributed by atoms with van der Waals surface area (Å²) in [5, 5.41) is 12.2. The van der Waals surface area contributed by atoms with Gasteiger partial charge in [0.1, 0.15) is 10.0 Å². The molecule has 1 rings (SSSR count). The molecular weight excluding hydrogens is 174 g/mol. The van der Waals surface area contributed by atoms with Crippen LogP contribution in [0.1, 0.15) is 24.8 Å². The van der Waals surface area contributed by atoms with Gasteiger partial charge in [0, 0.05) is 7.85 Å². The molecule has 0 aromatic carbocycles. The lowest BCUT2D eigenvalue weighted by Gasteiger charge is -1.97. The number of hydrogen-bond donors (Lipinski definition) is 1. The summed E-state index contributed by atoms with van der Waals surface area (Å²) in [4.78, 5) is 10.8. The van der Waals surface area contributed by atoms with Crippen molar-refractivity contribution in [3.05, 3.63) is 10.0 Å². The third kappa shape index (κ3) is 2.58. The Labute approximate surface area is 76.5 Å². The quantitative estimate of drug-likeness (QED) is 0.771. The highest BCUT2D eigenvalue weighted by atomic mass is 32.1. The van der Waals surface area contributed by atoms with Gasteiger partial charge in [0.25, 0.3) is 0 Å². The first-order valence-corrected chi connectivity index (χ1v) is 4.59. The monoisotopic (exact) mass is 187 g/mol. The van der Waals surface area contributed by atoms with Gasteiger partial charge in [0.2, 0.25) is 5.91 Å². The zero-order valence-electron chi connectivity index (χ0n) is 7.13. The van der Waals surface area contributed by atoms with Crippen molar-refractivity contribution in [1.82, 2.24) is 15.5 Å². The molecule has 1 N–H and O–H groups in total. The van der Waals surface area contributed by atoms with Crippen LogP contribution in [0, 0.1) is 6.92 Å². The summed E-state index contributed by atoms with van der Waals surface area (Å²) in [6.45, 7) is 4.21. The van der Waals surface area contributed by atoms with E-state index in [0.29, 0.717) is 13.0 Å². The maximum Gasteiger partial charge on any atom is 0.220 e. The predicted molar refractivity (Wildman–Crippen MR) is 48.9 cm³/mol. The number of aromatic nitrogens is 2. The fourth-order valence-electron chi connectivity index (χ4n) is 0.708. The molecule has 0 aliphatic rings. The van der Waals surface area contributed by atoms with Crippen LogP contribution in [-0.2, 0) is 11.3 Å². The predicted octanol–water partition coefficient (Wildman–Crippen LogP) is 1.12. The summed E-state index contributed by atoms with van der Waals surface area (Å²) >= 11 is 1.50. The lowest BCUT2D eigenvalue weighted by Crippen LogP contribution is -2.21. The van der Waals surface area contributed by atoms with Crippen LogP contribution in [0.2, 0.25) is 0 Å². The van der Waals surface area contributed by atoms with Crippen molar-refractivity contribution in [2.45, 2.75) is 26.8 Å². The Bertz CT molecular complexity index is 276. The van der Waals surface area contributed by atoms with Crippen LogP contribution in [0.3, 0.4) is 0 Å². The molecule has 0 radical (unpaired) electrons. The highest BCUT2D eigenvalue weighted by Gasteiger charge is 2.01. The van der Waals surface area contributed by atoms with E-state index in [1.54, 1.807) is 0 Å². The zero-order chi connectivity index (χ0) is 8.97. The van der Waals surface area contributed by atoms with Gasteiger partial charge in [-0.1, -0.05) is 18.3 Å². The number of aryl methyl sites for hydroxylation is 1. The molecule has 0 aliphatic heterocycles. The van der Waals surface area contributed by atoms with Crippen LogP contribution < -0.4 is 5.32 Å². The largest absolute Gasteiger partial charge is 0.350 e. The average molecular weight is 187 g/mol. The molecule has 12 heavy (non-hydrogen) atoms. The molecule has 0 fully saturated rings. The number of carbonyl (C=O) groups is 1. The molecule has 0 aliphatic carbocycles. The molecule has 1 heterocycles. The van der Waals surface area contributed by atoms with E-state index >= 15 is 0 Å².